The Hall–Kier alpha value is -2.56. The van der Waals surface area contributed by atoms with E-state index in [2.05, 4.69) is 0 Å². The van der Waals surface area contributed by atoms with E-state index in [1.807, 2.05) is 30.3 Å². The first-order chi connectivity index (χ1) is 9.08. The predicted molar refractivity (Wildman–Crippen MR) is 69.8 cm³/mol. The van der Waals surface area contributed by atoms with E-state index in [1.165, 1.54) is 6.07 Å². The number of rotatable bonds is 5. The standard InChI is InChI=1S/C14H14N2O3/c15-13(17)9-16-7-6-11(14(18)19)12(16)8-10-4-2-1-3-5-10/h1-7H,8-9H2,(H2,15,17)(H,18,19). The molecule has 1 aromatic heterocycles. The van der Waals surface area contributed by atoms with Crippen LogP contribution in [0.2, 0.25) is 0 Å². The van der Waals surface area contributed by atoms with E-state index < -0.39 is 11.9 Å². The molecule has 0 spiro atoms. The lowest BCUT2D eigenvalue weighted by molar-refractivity contribution is -0.118. The molecule has 0 saturated carbocycles. The van der Waals surface area contributed by atoms with Crippen LogP contribution in [0.4, 0.5) is 0 Å². The van der Waals surface area contributed by atoms with Gasteiger partial charge in [0.05, 0.1) is 5.56 Å². The number of amides is 1. The Bertz CT molecular complexity index is 602. The lowest BCUT2D eigenvalue weighted by atomic mass is 10.1. The molecule has 0 fully saturated rings. The summed E-state index contributed by atoms with van der Waals surface area (Å²) in [5.74, 6) is -1.50. The number of nitrogens with zero attached hydrogens (tertiary/aromatic N) is 1. The van der Waals surface area contributed by atoms with Crippen LogP contribution in [0.5, 0.6) is 0 Å². The van der Waals surface area contributed by atoms with Crippen LogP contribution < -0.4 is 5.73 Å². The van der Waals surface area contributed by atoms with E-state index in [-0.39, 0.29) is 12.1 Å². The molecule has 5 heteroatoms. The van der Waals surface area contributed by atoms with Crippen LogP contribution in [-0.2, 0) is 17.8 Å². The van der Waals surface area contributed by atoms with Gasteiger partial charge in [-0.25, -0.2) is 4.79 Å². The van der Waals surface area contributed by atoms with E-state index in [4.69, 9.17) is 10.8 Å². The van der Waals surface area contributed by atoms with Gasteiger partial charge in [-0.2, -0.15) is 0 Å². The third-order valence-electron chi connectivity index (χ3n) is 2.85. The Morgan fingerprint density at radius 1 is 1.16 bits per heavy atom. The van der Waals surface area contributed by atoms with Crippen LogP contribution in [0.25, 0.3) is 0 Å². The zero-order chi connectivity index (χ0) is 13.8. The molecule has 0 bridgehead atoms. The summed E-state index contributed by atoms with van der Waals surface area (Å²) in [5, 5.41) is 9.16. The molecule has 1 heterocycles. The van der Waals surface area contributed by atoms with Crippen LogP contribution in [-0.4, -0.2) is 21.6 Å². The lowest BCUT2D eigenvalue weighted by Gasteiger charge is -2.08. The van der Waals surface area contributed by atoms with E-state index in [1.54, 1.807) is 10.8 Å². The smallest absolute Gasteiger partial charge is 0.337 e. The van der Waals surface area contributed by atoms with E-state index in [9.17, 15) is 9.59 Å². The summed E-state index contributed by atoms with van der Waals surface area (Å²) in [6.07, 6.45) is 2.02. The van der Waals surface area contributed by atoms with Crippen molar-refractivity contribution in [3.8, 4) is 0 Å². The van der Waals surface area contributed by atoms with Gasteiger partial charge in [0.2, 0.25) is 5.91 Å². The fraction of sp³-hybridized carbons (Fsp3) is 0.143. The van der Waals surface area contributed by atoms with Gasteiger partial charge in [-0.15, -0.1) is 0 Å². The number of carbonyl (C=O) groups excluding carboxylic acids is 1. The maximum Gasteiger partial charge on any atom is 0.337 e. The third-order valence-corrected chi connectivity index (χ3v) is 2.85. The summed E-state index contributed by atoms with van der Waals surface area (Å²) in [7, 11) is 0. The number of aromatic carboxylic acids is 1. The second kappa shape index (κ2) is 5.39. The molecule has 0 aliphatic carbocycles. The summed E-state index contributed by atoms with van der Waals surface area (Å²) in [6, 6.07) is 11.0. The van der Waals surface area contributed by atoms with E-state index in [0.717, 1.165) is 5.56 Å². The molecular formula is C14H14N2O3. The van der Waals surface area contributed by atoms with Gasteiger partial charge in [0.25, 0.3) is 0 Å². The number of primary amides is 1. The van der Waals surface area contributed by atoms with Crippen molar-refractivity contribution in [1.29, 1.82) is 0 Å². The minimum absolute atomic E-state index is 0.0184. The highest BCUT2D eigenvalue weighted by Gasteiger charge is 2.16. The molecule has 2 aromatic rings. The first-order valence-corrected chi connectivity index (χ1v) is 5.81. The molecule has 1 amide bonds. The van der Waals surface area contributed by atoms with Crippen LogP contribution in [0.15, 0.2) is 42.6 Å². The molecule has 0 unspecified atom stereocenters. The molecule has 0 radical (unpaired) electrons. The average molecular weight is 258 g/mol. The van der Waals surface area contributed by atoms with Crippen LogP contribution >= 0.6 is 0 Å². The molecule has 98 valence electrons. The van der Waals surface area contributed by atoms with Gasteiger partial charge in [-0.3, -0.25) is 4.79 Å². The first kappa shape index (κ1) is 12.9. The number of carbonyl (C=O) groups is 2. The summed E-state index contributed by atoms with van der Waals surface area (Å²) in [4.78, 5) is 22.2. The second-order valence-corrected chi connectivity index (χ2v) is 4.24. The Morgan fingerprint density at radius 2 is 1.84 bits per heavy atom. The number of aromatic nitrogens is 1. The monoisotopic (exact) mass is 258 g/mol. The van der Waals surface area contributed by atoms with Crippen molar-refractivity contribution in [2.45, 2.75) is 13.0 Å². The molecule has 0 aliphatic rings. The summed E-state index contributed by atoms with van der Waals surface area (Å²) >= 11 is 0. The molecule has 5 nitrogen and oxygen atoms in total. The van der Waals surface area contributed by atoms with Gasteiger partial charge in [-0.1, -0.05) is 30.3 Å². The first-order valence-electron chi connectivity index (χ1n) is 5.81. The van der Waals surface area contributed by atoms with Gasteiger partial charge in [0.1, 0.15) is 6.54 Å². The highest BCUT2D eigenvalue weighted by molar-refractivity contribution is 5.89. The van der Waals surface area contributed by atoms with E-state index in [0.29, 0.717) is 12.1 Å². The zero-order valence-electron chi connectivity index (χ0n) is 10.2. The second-order valence-electron chi connectivity index (χ2n) is 4.24. The average Bonchev–Trinajstić information content (AvgIpc) is 2.73. The summed E-state index contributed by atoms with van der Waals surface area (Å²) in [5.41, 5.74) is 6.93. The Morgan fingerprint density at radius 3 is 2.42 bits per heavy atom. The van der Waals surface area contributed by atoms with Gasteiger partial charge in [0, 0.05) is 18.3 Å². The maximum atomic E-state index is 11.2. The van der Waals surface area contributed by atoms with E-state index >= 15 is 0 Å². The molecule has 2 rings (SSSR count). The van der Waals surface area contributed by atoms with Crippen molar-refractivity contribution in [3.63, 3.8) is 0 Å². The van der Waals surface area contributed by atoms with Gasteiger partial charge < -0.3 is 15.4 Å². The zero-order valence-corrected chi connectivity index (χ0v) is 10.2. The topological polar surface area (TPSA) is 85.3 Å². The van der Waals surface area contributed by atoms with Crippen molar-refractivity contribution >= 4 is 11.9 Å². The number of hydrogen-bond acceptors (Lipinski definition) is 2. The molecule has 0 atom stereocenters. The molecule has 0 aliphatic heterocycles. The van der Waals surface area contributed by atoms with Crippen molar-refractivity contribution in [2.75, 3.05) is 0 Å². The van der Waals surface area contributed by atoms with Crippen molar-refractivity contribution < 1.29 is 14.7 Å². The van der Waals surface area contributed by atoms with Gasteiger partial charge in [0.15, 0.2) is 0 Å². The third kappa shape index (κ3) is 3.01. The van der Waals surface area contributed by atoms with Gasteiger partial charge >= 0.3 is 5.97 Å². The van der Waals surface area contributed by atoms with Crippen molar-refractivity contribution in [1.82, 2.24) is 4.57 Å². The number of nitrogens with two attached hydrogens (primary N) is 1. The van der Waals surface area contributed by atoms with Crippen LogP contribution in [0.1, 0.15) is 21.6 Å². The quantitative estimate of drug-likeness (QED) is 0.846. The Kier molecular flexibility index (Phi) is 3.66. The largest absolute Gasteiger partial charge is 0.478 e. The molecule has 19 heavy (non-hydrogen) atoms. The Labute approximate surface area is 110 Å². The van der Waals surface area contributed by atoms with Crippen LogP contribution in [0, 0.1) is 0 Å². The van der Waals surface area contributed by atoms with Crippen molar-refractivity contribution in [3.05, 3.63) is 59.4 Å². The highest BCUT2D eigenvalue weighted by Crippen LogP contribution is 2.16. The fourth-order valence-corrected chi connectivity index (χ4v) is 2.00. The maximum absolute atomic E-state index is 11.2. The fourth-order valence-electron chi connectivity index (χ4n) is 2.00. The highest BCUT2D eigenvalue weighted by atomic mass is 16.4. The van der Waals surface area contributed by atoms with Gasteiger partial charge in [-0.05, 0) is 11.6 Å². The number of hydrogen-bond donors (Lipinski definition) is 2. The Balaban J connectivity index is 2.37. The SMILES string of the molecule is NC(=O)Cn1ccc(C(=O)O)c1Cc1ccccc1. The summed E-state index contributed by atoms with van der Waals surface area (Å²) in [6.45, 7) is -0.0184. The minimum Gasteiger partial charge on any atom is -0.478 e. The summed E-state index contributed by atoms with van der Waals surface area (Å²) < 4.78 is 1.58. The van der Waals surface area contributed by atoms with Crippen molar-refractivity contribution in [2.24, 2.45) is 5.73 Å². The number of benzene rings is 1. The predicted octanol–water partition coefficient (Wildman–Crippen LogP) is 1.26. The molecular weight excluding hydrogens is 244 g/mol. The van der Waals surface area contributed by atoms with Crippen LogP contribution in [0.3, 0.4) is 0 Å². The number of carboxylic acid groups (broad SMARTS) is 1. The molecule has 0 saturated heterocycles. The number of carboxylic acids is 1. The lowest BCUT2D eigenvalue weighted by Crippen LogP contribution is -2.20. The molecule has 1 aromatic carbocycles. The molecule has 3 N–H and O–H groups in total. The normalized spacial score (nSPS) is 10.3. The minimum atomic E-state index is -1.01.